The Morgan fingerprint density at radius 2 is 2.47 bits per heavy atom. The maximum absolute atomic E-state index is 11.4. The summed E-state index contributed by atoms with van der Waals surface area (Å²) in [4.78, 5) is 11.4. The van der Waals surface area contributed by atoms with Crippen molar-refractivity contribution in [2.24, 2.45) is 0 Å². The Balaban J connectivity index is 2.25. The summed E-state index contributed by atoms with van der Waals surface area (Å²) < 4.78 is 5.06. The van der Waals surface area contributed by atoms with E-state index >= 15 is 0 Å². The SMILES string of the molecule is CCSC(=O)Nc1ccc2c(c1Cl)B(O)OC2. The van der Waals surface area contributed by atoms with Crippen LogP contribution in [-0.4, -0.2) is 23.1 Å². The van der Waals surface area contributed by atoms with Crippen LogP contribution in [0.5, 0.6) is 0 Å². The van der Waals surface area contributed by atoms with Gasteiger partial charge in [0.25, 0.3) is 5.24 Å². The quantitative estimate of drug-likeness (QED) is 0.806. The number of carbonyl (C=O) groups excluding carboxylic acids is 1. The first kappa shape index (κ1) is 12.8. The Morgan fingerprint density at radius 1 is 1.71 bits per heavy atom. The third-order valence-electron chi connectivity index (χ3n) is 2.43. The molecule has 2 rings (SSSR count). The minimum atomic E-state index is -1.01. The average molecular weight is 272 g/mol. The van der Waals surface area contributed by atoms with Crippen LogP contribution in [0.25, 0.3) is 0 Å². The molecule has 0 spiro atoms. The van der Waals surface area contributed by atoms with Gasteiger partial charge in [-0.05, 0) is 17.4 Å². The van der Waals surface area contributed by atoms with Crippen LogP contribution in [0, 0.1) is 0 Å². The van der Waals surface area contributed by atoms with E-state index < -0.39 is 7.12 Å². The van der Waals surface area contributed by atoms with Crippen LogP contribution >= 0.6 is 23.4 Å². The summed E-state index contributed by atoms with van der Waals surface area (Å²) in [6.07, 6.45) is 0. The number of nitrogens with one attached hydrogen (secondary N) is 1. The smallest absolute Gasteiger partial charge is 0.423 e. The topological polar surface area (TPSA) is 58.6 Å². The molecule has 1 heterocycles. The lowest BCUT2D eigenvalue weighted by Crippen LogP contribution is -2.29. The second kappa shape index (κ2) is 5.31. The molecule has 1 aromatic rings. The molecule has 0 radical (unpaired) electrons. The lowest BCUT2D eigenvalue weighted by molar-refractivity contribution is 0.269. The minimum absolute atomic E-state index is 0.164. The van der Waals surface area contributed by atoms with E-state index in [2.05, 4.69) is 5.32 Å². The van der Waals surface area contributed by atoms with E-state index in [0.717, 1.165) is 5.56 Å². The van der Waals surface area contributed by atoms with Crippen molar-refractivity contribution < 1.29 is 14.5 Å². The van der Waals surface area contributed by atoms with Crippen LogP contribution in [0.1, 0.15) is 12.5 Å². The maximum atomic E-state index is 11.4. The molecular weight excluding hydrogens is 260 g/mol. The van der Waals surface area contributed by atoms with E-state index in [1.54, 1.807) is 12.1 Å². The van der Waals surface area contributed by atoms with Gasteiger partial charge in [0.2, 0.25) is 0 Å². The normalized spacial score (nSPS) is 13.7. The van der Waals surface area contributed by atoms with Gasteiger partial charge in [0.05, 0.1) is 17.3 Å². The number of anilines is 1. The van der Waals surface area contributed by atoms with E-state index in [-0.39, 0.29) is 5.24 Å². The number of benzene rings is 1. The molecule has 90 valence electrons. The molecule has 1 aliphatic heterocycles. The maximum Gasteiger partial charge on any atom is 0.493 e. The van der Waals surface area contributed by atoms with Crippen molar-refractivity contribution in [3.63, 3.8) is 0 Å². The number of amides is 1. The molecule has 0 saturated carbocycles. The number of hydrogen-bond donors (Lipinski definition) is 2. The van der Waals surface area contributed by atoms with Gasteiger partial charge in [0.15, 0.2) is 0 Å². The second-order valence-electron chi connectivity index (χ2n) is 3.51. The molecule has 7 heteroatoms. The number of halogens is 1. The van der Waals surface area contributed by atoms with Crippen molar-refractivity contribution in [1.82, 2.24) is 0 Å². The summed E-state index contributed by atoms with van der Waals surface area (Å²) in [6, 6.07) is 3.51. The summed E-state index contributed by atoms with van der Waals surface area (Å²) in [5, 5.41) is 12.5. The highest BCUT2D eigenvalue weighted by Crippen LogP contribution is 2.26. The molecule has 1 amide bonds. The Bertz CT molecular complexity index is 457. The van der Waals surface area contributed by atoms with E-state index in [1.807, 2.05) is 6.92 Å². The van der Waals surface area contributed by atoms with Crippen molar-refractivity contribution in [1.29, 1.82) is 0 Å². The molecule has 0 unspecified atom stereocenters. The Kier molecular flexibility index (Phi) is 3.99. The zero-order chi connectivity index (χ0) is 12.4. The molecule has 2 N–H and O–H groups in total. The highest BCUT2D eigenvalue weighted by atomic mass is 35.5. The first-order valence-electron chi connectivity index (χ1n) is 5.18. The zero-order valence-electron chi connectivity index (χ0n) is 9.20. The van der Waals surface area contributed by atoms with Crippen molar-refractivity contribution >= 4 is 46.9 Å². The number of rotatable bonds is 2. The largest absolute Gasteiger partial charge is 0.493 e. The van der Waals surface area contributed by atoms with Crippen LogP contribution in [0.4, 0.5) is 10.5 Å². The van der Waals surface area contributed by atoms with E-state index in [9.17, 15) is 9.82 Å². The van der Waals surface area contributed by atoms with Crippen molar-refractivity contribution in [2.45, 2.75) is 13.5 Å². The fraction of sp³-hybridized carbons (Fsp3) is 0.300. The Morgan fingerprint density at radius 3 is 3.18 bits per heavy atom. The summed E-state index contributed by atoms with van der Waals surface area (Å²) in [6.45, 7) is 2.24. The van der Waals surface area contributed by atoms with Crippen molar-refractivity contribution in [3.8, 4) is 0 Å². The third-order valence-corrected chi connectivity index (χ3v) is 3.49. The molecule has 0 aliphatic carbocycles. The van der Waals surface area contributed by atoms with Crippen LogP contribution < -0.4 is 10.8 Å². The van der Waals surface area contributed by atoms with Gasteiger partial charge < -0.3 is 15.0 Å². The van der Waals surface area contributed by atoms with Crippen LogP contribution in [0.15, 0.2) is 12.1 Å². The lowest BCUT2D eigenvalue weighted by atomic mass is 9.79. The summed E-state index contributed by atoms with van der Waals surface area (Å²) in [7, 11) is -1.01. The van der Waals surface area contributed by atoms with Gasteiger partial charge in [-0.3, -0.25) is 4.79 Å². The lowest BCUT2D eigenvalue weighted by Gasteiger charge is -2.09. The molecule has 1 aromatic carbocycles. The van der Waals surface area contributed by atoms with E-state index in [1.165, 1.54) is 11.8 Å². The molecule has 0 bridgehead atoms. The molecule has 1 aliphatic rings. The summed E-state index contributed by atoms with van der Waals surface area (Å²) in [5.41, 5.74) is 1.90. The van der Waals surface area contributed by atoms with Crippen LogP contribution in [0.3, 0.4) is 0 Å². The third kappa shape index (κ3) is 2.60. The Labute approximate surface area is 109 Å². The minimum Gasteiger partial charge on any atom is -0.423 e. The van der Waals surface area contributed by atoms with Gasteiger partial charge in [-0.25, -0.2) is 0 Å². The summed E-state index contributed by atoms with van der Waals surface area (Å²) >= 11 is 7.30. The highest BCUT2D eigenvalue weighted by molar-refractivity contribution is 8.13. The van der Waals surface area contributed by atoms with Gasteiger partial charge in [-0.2, -0.15) is 0 Å². The molecule has 4 nitrogen and oxygen atoms in total. The number of hydrogen-bond acceptors (Lipinski definition) is 4. The summed E-state index contributed by atoms with van der Waals surface area (Å²) in [5.74, 6) is 0.695. The van der Waals surface area contributed by atoms with Crippen molar-refractivity contribution in [3.05, 3.63) is 22.7 Å². The van der Waals surface area contributed by atoms with Crippen LogP contribution in [0.2, 0.25) is 5.02 Å². The fourth-order valence-electron chi connectivity index (χ4n) is 1.65. The average Bonchev–Trinajstić information content (AvgIpc) is 2.65. The standard InChI is InChI=1S/C10H11BClNO3S/c1-2-17-10(14)13-7-4-3-6-5-16-11(15)8(6)9(7)12/h3-4,15H,2,5H2,1H3,(H,13,14). The predicted octanol–water partition coefficient (Wildman–Crippen LogP) is 1.84. The fourth-order valence-corrected chi connectivity index (χ4v) is 2.42. The molecule has 0 fully saturated rings. The van der Waals surface area contributed by atoms with Gasteiger partial charge >= 0.3 is 7.12 Å². The van der Waals surface area contributed by atoms with Crippen molar-refractivity contribution in [2.75, 3.05) is 11.1 Å². The molecule has 0 atom stereocenters. The number of fused-ring (bicyclic) bond motifs is 1. The predicted molar refractivity (Wildman–Crippen MR) is 71.0 cm³/mol. The van der Waals surface area contributed by atoms with E-state index in [0.29, 0.717) is 28.5 Å². The molecular formula is C10H11BClNO3S. The Hall–Kier alpha value is -0.685. The second-order valence-corrected chi connectivity index (χ2v) is 5.12. The van der Waals surface area contributed by atoms with Gasteiger partial charge in [-0.1, -0.05) is 36.4 Å². The van der Waals surface area contributed by atoms with Gasteiger partial charge in [0, 0.05) is 5.46 Å². The number of thioether (sulfide) groups is 1. The zero-order valence-corrected chi connectivity index (χ0v) is 10.8. The first-order chi connectivity index (χ1) is 8.13. The molecule has 0 saturated heterocycles. The monoisotopic (exact) mass is 271 g/mol. The van der Waals surface area contributed by atoms with Gasteiger partial charge in [0.1, 0.15) is 0 Å². The molecule has 17 heavy (non-hydrogen) atoms. The van der Waals surface area contributed by atoms with E-state index in [4.69, 9.17) is 16.3 Å². The van der Waals surface area contributed by atoms with Crippen LogP contribution in [-0.2, 0) is 11.3 Å². The van der Waals surface area contributed by atoms with Gasteiger partial charge in [-0.15, -0.1) is 0 Å². The molecule has 0 aromatic heterocycles. The first-order valence-corrected chi connectivity index (χ1v) is 6.54. The highest BCUT2D eigenvalue weighted by Gasteiger charge is 2.31. The number of carbonyl (C=O) groups is 1.